The second kappa shape index (κ2) is 6.58. The first-order chi connectivity index (χ1) is 6.15. The van der Waals surface area contributed by atoms with Gasteiger partial charge in [0.25, 0.3) is 0 Å². The Balaban J connectivity index is 0.00000169. The Morgan fingerprint density at radius 3 is 2.64 bits per heavy atom. The molecule has 0 saturated heterocycles. The minimum Gasteiger partial charge on any atom is -0.545 e. The molecule has 0 unspecified atom stereocenters. The first-order valence-corrected chi connectivity index (χ1v) is 4.18. The van der Waals surface area contributed by atoms with Gasteiger partial charge in [-0.05, 0) is 30.2 Å². The number of carboxylic acid groups (broad SMARTS) is 1. The van der Waals surface area contributed by atoms with Gasteiger partial charge in [-0.1, -0.05) is 13.3 Å². The summed E-state index contributed by atoms with van der Waals surface area (Å²) in [7, 11) is 0. The summed E-state index contributed by atoms with van der Waals surface area (Å²) in [6.07, 6.45) is 1.47. The molecule has 1 aromatic rings. The fourth-order valence-corrected chi connectivity index (χ4v) is 1.26. The molecular weight excluding hydrogens is 207 g/mol. The van der Waals surface area contributed by atoms with Gasteiger partial charge in [0.1, 0.15) is 5.75 Å². The summed E-state index contributed by atoms with van der Waals surface area (Å²) in [5.74, 6) is -1.10. The molecule has 4 heteroatoms. The molecule has 3 nitrogen and oxygen atoms in total. The fraction of sp³-hybridized carbons (Fsp3) is 0.300. The average Bonchev–Trinajstić information content (AvgIpc) is 2.04. The average molecular weight is 218 g/mol. The maximum atomic E-state index is 10.6. The predicted octanol–water partition coefficient (Wildman–Crippen LogP) is -2.29. The van der Waals surface area contributed by atoms with Crippen molar-refractivity contribution in [2.45, 2.75) is 19.8 Å². The van der Waals surface area contributed by atoms with E-state index in [4.69, 9.17) is 5.11 Å². The van der Waals surface area contributed by atoms with Crippen molar-refractivity contribution in [3.63, 3.8) is 0 Å². The third-order valence-corrected chi connectivity index (χ3v) is 1.83. The van der Waals surface area contributed by atoms with Crippen molar-refractivity contribution in [3.8, 4) is 5.75 Å². The van der Waals surface area contributed by atoms with E-state index in [1.165, 1.54) is 18.2 Å². The van der Waals surface area contributed by atoms with Crippen LogP contribution < -0.4 is 56.5 Å². The smallest absolute Gasteiger partial charge is 0.545 e. The van der Waals surface area contributed by atoms with E-state index in [-0.39, 0.29) is 62.7 Å². The number of rotatable bonds is 3. The molecule has 0 aromatic heterocycles. The van der Waals surface area contributed by atoms with E-state index in [1.54, 1.807) is 0 Å². The maximum absolute atomic E-state index is 10.6. The second-order valence-corrected chi connectivity index (χ2v) is 2.88. The third-order valence-electron chi connectivity index (χ3n) is 1.83. The Hall–Kier alpha value is 0.126. The van der Waals surface area contributed by atoms with Crippen LogP contribution in [-0.4, -0.2) is 11.1 Å². The van der Waals surface area contributed by atoms with Crippen LogP contribution in [0.3, 0.4) is 0 Å². The molecule has 0 radical (unpaired) electrons. The fourth-order valence-electron chi connectivity index (χ4n) is 1.26. The zero-order valence-corrected chi connectivity index (χ0v) is 11.5. The molecule has 0 aliphatic rings. The quantitative estimate of drug-likeness (QED) is 0.581. The van der Waals surface area contributed by atoms with Gasteiger partial charge >= 0.3 is 51.4 Å². The Labute approximate surface area is 126 Å². The van der Waals surface area contributed by atoms with Crippen LogP contribution in [0.2, 0.25) is 0 Å². The molecule has 0 fully saturated rings. The van der Waals surface area contributed by atoms with E-state index in [0.29, 0.717) is 12.0 Å². The first kappa shape index (κ1) is 14.1. The van der Waals surface area contributed by atoms with Gasteiger partial charge < -0.3 is 15.0 Å². The monoisotopic (exact) mass is 218 g/mol. The van der Waals surface area contributed by atoms with Crippen LogP contribution in [0.15, 0.2) is 18.2 Å². The van der Waals surface area contributed by atoms with Gasteiger partial charge in [0.15, 0.2) is 0 Å². The van der Waals surface area contributed by atoms with Gasteiger partial charge in [0.05, 0.1) is 5.97 Å². The number of phenols is 1. The zero-order valence-electron chi connectivity index (χ0n) is 8.41. The summed E-state index contributed by atoms with van der Waals surface area (Å²) in [5.41, 5.74) is 0.794. The summed E-state index contributed by atoms with van der Waals surface area (Å²) < 4.78 is 0. The van der Waals surface area contributed by atoms with E-state index in [0.717, 1.165) is 6.42 Å². The molecule has 0 amide bonds. The Kier molecular flexibility index (Phi) is 6.64. The van der Waals surface area contributed by atoms with E-state index in [1.807, 2.05) is 6.92 Å². The molecule has 0 heterocycles. The van der Waals surface area contributed by atoms with Crippen molar-refractivity contribution >= 4 is 5.97 Å². The SMILES string of the molecule is CCCc1cc(O)ccc1C(=O)[O-].[K+]. The molecule has 14 heavy (non-hydrogen) atoms. The molecule has 70 valence electrons. The van der Waals surface area contributed by atoms with Crippen LogP contribution in [0, 0.1) is 0 Å². The third kappa shape index (κ3) is 3.71. The van der Waals surface area contributed by atoms with Crippen molar-refractivity contribution < 1.29 is 66.4 Å². The normalized spacial score (nSPS) is 9.21. The van der Waals surface area contributed by atoms with E-state index >= 15 is 0 Å². The molecule has 0 bridgehead atoms. The van der Waals surface area contributed by atoms with Gasteiger partial charge in [-0.2, -0.15) is 0 Å². The molecule has 0 aliphatic heterocycles. The Morgan fingerprint density at radius 1 is 1.50 bits per heavy atom. The molecular formula is C10H11KO3. The summed E-state index contributed by atoms with van der Waals surface area (Å²) in [6, 6.07) is 4.19. The maximum Gasteiger partial charge on any atom is 1.00 e. The molecule has 0 saturated carbocycles. The van der Waals surface area contributed by atoms with E-state index in [9.17, 15) is 9.90 Å². The van der Waals surface area contributed by atoms with Gasteiger partial charge in [0, 0.05) is 5.56 Å². The Morgan fingerprint density at radius 2 is 2.14 bits per heavy atom. The van der Waals surface area contributed by atoms with Gasteiger partial charge in [0.2, 0.25) is 0 Å². The van der Waals surface area contributed by atoms with Crippen LogP contribution in [0.1, 0.15) is 29.3 Å². The van der Waals surface area contributed by atoms with Crippen molar-refractivity contribution in [1.82, 2.24) is 0 Å². The molecule has 0 spiro atoms. The summed E-state index contributed by atoms with van der Waals surface area (Å²) in [6.45, 7) is 1.95. The van der Waals surface area contributed by atoms with Crippen LogP contribution >= 0.6 is 0 Å². The second-order valence-electron chi connectivity index (χ2n) is 2.88. The molecule has 0 aliphatic carbocycles. The number of carbonyl (C=O) groups is 1. The van der Waals surface area contributed by atoms with Crippen LogP contribution in [0.25, 0.3) is 0 Å². The van der Waals surface area contributed by atoms with E-state index < -0.39 is 5.97 Å². The number of hydrogen-bond donors (Lipinski definition) is 1. The van der Waals surface area contributed by atoms with Crippen molar-refractivity contribution in [2.24, 2.45) is 0 Å². The van der Waals surface area contributed by atoms with Gasteiger partial charge in [-0.3, -0.25) is 0 Å². The number of carboxylic acids is 1. The number of carbonyl (C=O) groups excluding carboxylic acids is 1. The predicted molar refractivity (Wildman–Crippen MR) is 46.4 cm³/mol. The van der Waals surface area contributed by atoms with Crippen molar-refractivity contribution in [3.05, 3.63) is 29.3 Å². The number of phenolic OH excluding ortho intramolecular Hbond substituents is 1. The van der Waals surface area contributed by atoms with Gasteiger partial charge in [-0.15, -0.1) is 0 Å². The standard InChI is InChI=1S/C10H12O3.K/c1-2-3-7-6-8(11)4-5-9(7)10(12)13;/h4-6,11H,2-3H2,1H3,(H,12,13);/q;+1/p-1. The largest absolute Gasteiger partial charge is 1.00 e. The van der Waals surface area contributed by atoms with E-state index in [2.05, 4.69) is 0 Å². The molecule has 0 atom stereocenters. The Bertz CT molecular complexity index is 323. The van der Waals surface area contributed by atoms with Crippen molar-refractivity contribution in [2.75, 3.05) is 0 Å². The molecule has 1 rings (SSSR count). The van der Waals surface area contributed by atoms with Crippen LogP contribution in [0.5, 0.6) is 5.75 Å². The summed E-state index contributed by atoms with van der Waals surface area (Å²) >= 11 is 0. The van der Waals surface area contributed by atoms with Crippen LogP contribution in [-0.2, 0) is 6.42 Å². The minimum absolute atomic E-state index is 0. The number of benzene rings is 1. The number of aromatic carboxylic acids is 1. The minimum atomic E-state index is -1.19. The topological polar surface area (TPSA) is 60.4 Å². The number of aryl methyl sites for hydroxylation is 1. The summed E-state index contributed by atoms with van der Waals surface area (Å²) in [4.78, 5) is 10.6. The van der Waals surface area contributed by atoms with Crippen LogP contribution in [0.4, 0.5) is 0 Å². The van der Waals surface area contributed by atoms with Crippen molar-refractivity contribution in [1.29, 1.82) is 0 Å². The van der Waals surface area contributed by atoms with Gasteiger partial charge in [-0.25, -0.2) is 0 Å². The summed E-state index contributed by atoms with van der Waals surface area (Å²) in [5, 5.41) is 19.7. The first-order valence-electron chi connectivity index (χ1n) is 4.18. The zero-order chi connectivity index (χ0) is 9.84. The number of aromatic hydroxyl groups is 1. The number of hydrogen-bond acceptors (Lipinski definition) is 3. The molecule has 1 N–H and O–H groups in total. The molecule has 1 aromatic carbocycles.